The molecule has 1 saturated heterocycles. The van der Waals surface area contributed by atoms with E-state index >= 15 is 0 Å². The molecule has 0 saturated carbocycles. The van der Waals surface area contributed by atoms with Crippen LogP contribution in [0.3, 0.4) is 0 Å². The smallest absolute Gasteiger partial charge is 0.342 e. The third-order valence-corrected chi connectivity index (χ3v) is 4.33. The molecular formula is C17H23F3N2O. The van der Waals surface area contributed by atoms with Crippen LogP contribution in [0.5, 0.6) is 0 Å². The number of halogens is 3. The van der Waals surface area contributed by atoms with E-state index in [0.717, 1.165) is 31.9 Å². The van der Waals surface area contributed by atoms with E-state index < -0.39 is 11.7 Å². The molecule has 2 rings (SSSR count). The van der Waals surface area contributed by atoms with Crippen molar-refractivity contribution in [2.75, 3.05) is 19.6 Å². The van der Waals surface area contributed by atoms with E-state index in [1.807, 2.05) is 4.90 Å². The Bertz CT molecular complexity index is 531. The number of alkyl halides is 3. The van der Waals surface area contributed by atoms with Gasteiger partial charge in [0.2, 0.25) is 5.91 Å². The molecule has 0 bridgehead atoms. The first-order valence-corrected chi connectivity index (χ1v) is 8.04. The third kappa shape index (κ3) is 5.23. The van der Waals surface area contributed by atoms with E-state index in [9.17, 15) is 18.0 Å². The maximum atomic E-state index is 12.7. The van der Waals surface area contributed by atoms with E-state index in [1.165, 1.54) is 12.1 Å². The molecular weight excluding hydrogens is 305 g/mol. The van der Waals surface area contributed by atoms with Crippen LogP contribution in [0.25, 0.3) is 0 Å². The number of hydrogen-bond acceptors (Lipinski definition) is 2. The van der Waals surface area contributed by atoms with Gasteiger partial charge < -0.3 is 10.6 Å². The number of rotatable bonds is 5. The maximum absolute atomic E-state index is 12.7. The second-order valence-electron chi connectivity index (χ2n) is 6.12. The van der Waals surface area contributed by atoms with Gasteiger partial charge in [-0.25, -0.2) is 0 Å². The molecule has 23 heavy (non-hydrogen) atoms. The van der Waals surface area contributed by atoms with E-state index in [2.05, 4.69) is 0 Å². The monoisotopic (exact) mass is 328 g/mol. The molecule has 6 heteroatoms. The zero-order valence-corrected chi connectivity index (χ0v) is 13.1. The molecule has 0 unspecified atom stereocenters. The third-order valence-electron chi connectivity index (χ3n) is 4.33. The summed E-state index contributed by atoms with van der Waals surface area (Å²) in [6.07, 6.45) is -0.567. The van der Waals surface area contributed by atoms with Crippen LogP contribution in [-0.2, 0) is 17.4 Å². The van der Waals surface area contributed by atoms with E-state index in [-0.39, 0.29) is 5.91 Å². The van der Waals surface area contributed by atoms with E-state index in [1.54, 1.807) is 6.07 Å². The number of carbonyl (C=O) groups is 1. The lowest BCUT2D eigenvalue weighted by molar-refractivity contribution is -0.137. The van der Waals surface area contributed by atoms with Gasteiger partial charge in [-0.3, -0.25) is 4.79 Å². The molecule has 1 atom stereocenters. The molecule has 128 valence electrons. The number of carbonyl (C=O) groups excluding carboxylic acids is 1. The Balaban J connectivity index is 1.89. The number of amides is 1. The van der Waals surface area contributed by atoms with Gasteiger partial charge in [-0.05, 0) is 43.2 Å². The summed E-state index contributed by atoms with van der Waals surface area (Å²) in [7, 11) is 0. The molecule has 1 fully saturated rings. The van der Waals surface area contributed by atoms with Gasteiger partial charge in [0.25, 0.3) is 0 Å². The second-order valence-corrected chi connectivity index (χ2v) is 6.12. The number of nitrogens with two attached hydrogens (primary N) is 1. The number of nitrogens with zero attached hydrogens (tertiary/aromatic N) is 1. The van der Waals surface area contributed by atoms with Crippen molar-refractivity contribution in [2.24, 2.45) is 11.7 Å². The summed E-state index contributed by atoms with van der Waals surface area (Å²) in [4.78, 5) is 13.7. The van der Waals surface area contributed by atoms with Gasteiger partial charge in [0.1, 0.15) is 0 Å². The summed E-state index contributed by atoms with van der Waals surface area (Å²) in [6, 6.07) is 5.50. The lowest BCUT2D eigenvalue weighted by Gasteiger charge is -2.33. The molecule has 1 aliphatic rings. The normalized spacial score (nSPS) is 19.0. The summed E-state index contributed by atoms with van der Waals surface area (Å²) in [6.45, 7) is 1.81. The average Bonchev–Trinajstić information content (AvgIpc) is 2.53. The SMILES string of the molecule is NCCC(=O)N1CCC[C@@H](CCc2cccc(C(F)(F)F)c2)C1. The average molecular weight is 328 g/mol. The molecule has 1 aromatic carbocycles. The first-order chi connectivity index (χ1) is 10.9. The highest BCUT2D eigenvalue weighted by atomic mass is 19.4. The van der Waals surface area contributed by atoms with Crippen LogP contribution < -0.4 is 5.73 Å². The summed E-state index contributed by atoms with van der Waals surface area (Å²) < 4.78 is 38.2. The van der Waals surface area contributed by atoms with Gasteiger partial charge in [0.05, 0.1) is 5.56 Å². The lowest BCUT2D eigenvalue weighted by atomic mass is 9.91. The van der Waals surface area contributed by atoms with Gasteiger partial charge in [0, 0.05) is 26.1 Å². The fraction of sp³-hybridized carbons (Fsp3) is 0.588. The molecule has 0 aromatic heterocycles. The van der Waals surface area contributed by atoms with E-state index in [0.29, 0.717) is 37.4 Å². The summed E-state index contributed by atoms with van der Waals surface area (Å²) in [5.41, 5.74) is 5.52. The van der Waals surface area contributed by atoms with Gasteiger partial charge >= 0.3 is 6.18 Å². The zero-order chi connectivity index (χ0) is 16.9. The van der Waals surface area contributed by atoms with Crippen molar-refractivity contribution < 1.29 is 18.0 Å². The molecule has 1 aliphatic heterocycles. The van der Waals surface area contributed by atoms with Crippen molar-refractivity contribution in [3.8, 4) is 0 Å². The molecule has 0 aliphatic carbocycles. The highest BCUT2D eigenvalue weighted by molar-refractivity contribution is 5.76. The van der Waals surface area contributed by atoms with Crippen LogP contribution >= 0.6 is 0 Å². The van der Waals surface area contributed by atoms with Crippen LogP contribution in [0, 0.1) is 5.92 Å². The molecule has 2 N–H and O–H groups in total. The Labute approximate surface area is 134 Å². The fourth-order valence-electron chi connectivity index (χ4n) is 3.08. The van der Waals surface area contributed by atoms with E-state index in [4.69, 9.17) is 5.73 Å². The van der Waals surface area contributed by atoms with Crippen LogP contribution in [0.4, 0.5) is 13.2 Å². The molecule has 1 heterocycles. The first-order valence-electron chi connectivity index (χ1n) is 8.04. The minimum absolute atomic E-state index is 0.0799. The first kappa shape index (κ1) is 17.8. The van der Waals surface area contributed by atoms with Crippen molar-refractivity contribution in [1.29, 1.82) is 0 Å². The number of benzene rings is 1. The highest BCUT2D eigenvalue weighted by Crippen LogP contribution is 2.30. The Hall–Kier alpha value is -1.56. The molecule has 3 nitrogen and oxygen atoms in total. The summed E-state index contributed by atoms with van der Waals surface area (Å²) >= 11 is 0. The molecule has 0 radical (unpaired) electrons. The predicted molar refractivity (Wildman–Crippen MR) is 82.7 cm³/mol. The quantitative estimate of drug-likeness (QED) is 0.902. The zero-order valence-electron chi connectivity index (χ0n) is 13.1. The Morgan fingerprint density at radius 1 is 1.35 bits per heavy atom. The Morgan fingerprint density at radius 3 is 2.83 bits per heavy atom. The van der Waals surface area contributed by atoms with Crippen molar-refractivity contribution in [2.45, 2.75) is 38.3 Å². The van der Waals surface area contributed by atoms with Crippen molar-refractivity contribution >= 4 is 5.91 Å². The number of likely N-dealkylation sites (tertiary alicyclic amines) is 1. The van der Waals surface area contributed by atoms with Gasteiger partial charge in [-0.15, -0.1) is 0 Å². The Kier molecular flexibility index (Phi) is 6.04. The van der Waals surface area contributed by atoms with Crippen molar-refractivity contribution in [3.05, 3.63) is 35.4 Å². The van der Waals surface area contributed by atoms with Gasteiger partial charge in [-0.2, -0.15) is 13.2 Å². The molecule has 1 aromatic rings. The van der Waals surface area contributed by atoms with Crippen LogP contribution in [0.1, 0.15) is 36.8 Å². The largest absolute Gasteiger partial charge is 0.416 e. The topological polar surface area (TPSA) is 46.3 Å². The Morgan fingerprint density at radius 2 is 2.13 bits per heavy atom. The predicted octanol–water partition coefficient (Wildman–Crippen LogP) is 3.23. The standard InChI is InChI=1S/C17H23F3N2O/c18-17(19,20)15-5-1-3-13(11-15)6-7-14-4-2-10-22(12-14)16(23)8-9-21/h1,3,5,11,14H,2,4,6-10,12,21H2/t14-/m0/s1. The second kappa shape index (κ2) is 7.81. The van der Waals surface area contributed by atoms with Crippen LogP contribution in [0.2, 0.25) is 0 Å². The molecule has 0 spiro atoms. The van der Waals surface area contributed by atoms with Crippen LogP contribution in [0.15, 0.2) is 24.3 Å². The van der Waals surface area contributed by atoms with Crippen molar-refractivity contribution in [1.82, 2.24) is 4.90 Å². The summed E-state index contributed by atoms with van der Waals surface area (Å²) in [5, 5.41) is 0. The maximum Gasteiger partial charge on any atom is 0.416 e. The number of piperidine rings is 1. The lowest BCUT2D eigenvalue weighted by Crippen LogP contribution is -2.40. The number of hydrogen-bond donors (Lipinski definition) is 1. The van der Waals surface area contributed by atoms with Gasteiger partial charge in [0.15, 0.2) is 0 Å². The van der Waals surface area contributed by atoms with Crippen molar-refractivity contribution in [3.63, 3.8) is 0 Å². The van der Waals surface area contributed by atoms with Crippen LogP contribution in [-0.4, -0.2) is 30.4 Å². The molecule has 1 amide bonds. The fourth-order valence-corrected chi connectivity index (χ4v) is 3.08. The number of aryl methyl sites for hydroxylation is 1. The highest BCUT2D eigenvalue weighted by Gasteiger charge is 2.30. The minimum atomic E-state index is -4.30. The minimum Gasteiger partial charge on any atom is -0.342 e. The van der Waals surface area contributed by atoms with Gasteiger partial charge in [-0.1, -0.05) is 18.2 Å². The summed E-state index contributed by atoms with van der Waals surface area (Å²) in [5.74, 6) is 0.427.